The zero-order chi connectivity index (χ0) is 12.2. The van der Waals surface area contributed by atoms with E-state index in [9.17, 15) is 8.42 Å². The first-order chi connectivity index (χ1) is 7.45. The molecule has 1 rings (SSSR count). The lowest BCUT2D eigenvalue weighted by molar-refractivity contribution is 0.591. The summed E-state index contributed by atoms with van der Waals surface area (Å²) in [5.74, 6) is 0.188. The predicted octanol–water partition coefficient (Wildman–Crippen LogP) is 1.82. The Hall–Kier alpha value is -0.870. The molecule has 0 bridgehead atoms. The van der Waals surface area contributed by atoms with Gasteiger partial charge in [-0.2, -0.15) is 0 Å². The average molecular weight is 241 g/mol. The van der Waals surface area contributed by atoms with Crippen LogP contribution in [0, 0.1) is 13.8 Å². The Labute approximate surface area is 97.6 Å². The first kappa shape index (κ1) is 13.2. The van der Waals surface area contributed by atoms with E-state index >= 15 is 0 Å². The quantitative estimate of drug-likeness (QED) is 0.800. The molecule has 0 saturated heterocycles. The average Bonchev–Trinajstić information content (AvgIpc) is 2.16. The molecule has 1 aromatic rings. The first-order valence-electron chi connectivity index (χ1n) is 5.47. The van der Waals surface area contributed by atoms with E-state index in [-0.39, 0.29) is 5.75 Å². The van der Waals surface area contributed by atoms with Gasteiger partial charge in [0.15, 0.2) is 9.84 Å². The van der Waals surface area contributed by atoms with E-state index in [4.69, 9.17) is 5.73 Å². The van der Waals surface area contributed by atoms with Crippen molar-refractivity contribution in [2.24, 2.45) is 5.73 Å². The number of aryl methyl sites for hydroxylation is 2. The van der Waals surface area contributed by atoms with Crippen molar-refractivity contribution in [3.63, 3.8) is 0 Å². The summed E-state index contributed by atoms with van der Waals surface area (Å²) in [5, 5.41) is 0. The van der Waals surface area contributed by atoms with Gasteiger partial charge in [-0.1, -0.05) is 6.07 Å². The Balaban J connectivity index is 2.89. The molecule has 0 atom stereocenters. The van der Waals surface area contributed by atoms with Gasteiger partial charge in [0, 0.05) is 0 Å². The van der Waals surface area contributed by atoms with Crippen molar-refractivity contribution in [1.82, 2.24) is 0 Å². The molecule has 4 heteroatoms. The number of unbranched alkanes of at least 4 members (excludes halogenated alkanes) is 1. The number of hydrogen-bond acceptors (Lipinski definition) is 3. The highest BCUT2D eigenvalue weighted by atomic mass is 32.2. The minimum absolute atomic E-state index is 0.188. The summed E-state index contributed by atoms with van der Waals surface area (Å²) in [5.41, 5.74) is 7.32. The van der Waals surface area contributed by atoms with E-state index in [1.165, 1.54) is 0 Å². The van der Waals surface area contributed by atoms with Gasteiger partial charge < -0.3 is 5.73 Å². The summed E-state index contributed by atoms with van der Waals surface area (Å²) >= 11 is 0. The second-order valence-electron chi connectivity index (χ2n) is 4.14. The summed E-state index contributed by atoms with van der Waals surface area (Å²) in [7, 11) is -3.13. The number of rotatable bonds is 5. The Kier molecular flexibility index (Phi) is 4.50. The summed E-state index contributed by atoms with van der Waals surface area (Å²) in [6.07, 6.45) is 1.38. The van der Waals surface area contributed by atoms with E-state index in [2.05, 4.69) is 0 Å². The highest BCUT2D eigenvalue weighted by Crippen LogP contribution is 2.16. The van der Waals surface area contributed by atoms with Crippen molar-refractivity contribution in [2.75, 3.05) is 12.3 Å². The van der Waals surface area contributed by atoms with Gasteiger partial charge in [0.2, 0.25) is 0 Å². The molecule has 90 valence electrons. The van der Waals surface area contributed by atoms with Crippen LogP contribution in [-0.2, 0) is 9.84 Å². The van der Waals surface area contributed by atoms with Gasteiger partial charge in [-0.15, -0.1) is 0 Å². The van der Waals surface area contributed by atoms with Gasteiger partial charge in [-0.3, -0.25) is 0 Å². The summed E-state index contributed by atoms with van der Waals surface area (Å²) in [6.45, 7) is 4.36. The standard InChI is InChI=1S/C12H19NO2S/c1-10-7-11(2)9-12(8-10)16(14,15)6-4-3-5-13/h7-9H,3-6,13H2,1-2H3. The van der Waals surface area contributed by atoms with Gasteiger partial charge in [0.1, 0.15) is 0 Å². The van der Waals surface area contributed by atoms with E-state index in [0.717, 1.165) is 17.5 Å². The number of nitrogens with two attached hydrogens (primary N) is 1. The second-order valence-corrected chi connectivity index (χ2v) is 6.25. The predicted molar refractivity (Wildman–Crippen MR) is 66.3 cm³/mol. The van der Waals surface area contributed by atoms with E-state index in [1.54, 1.807) is 12.1 Å². The molecule has 16 heavy (non-hydrogen) atoms. The Bertz CT molecular complexity index is 432. The fourth-order valence-electron chi connectivity index (χ4n) is 1.67. The number of benzene rings is 1. The maximum atomic E-state index is 12.0. The molecule has 0 saturated carbocycles. The Morgan fingerprint density at radius 1 is 1.06 bits per heavy atom. The highest BCUT2D eigenvalue weighted by Gasteiger charge is 2.14. The van der Waals surface area contributed by atoms with Gasteiger partial charge in [-0.25, -0.2) is 8.42 Å². The smallest absolute Gasteiger partial charge is 0.178 e. The lowest BCUT2D eigenvalue weighted by Gasteiger charge is -2.06. The van der Waals surface area contributed by atoms with E-state index < -0.39 is 9.84 Å². The summed E-state index contributed by atoms with van der Waals surface area (Å²) in [6, 6.07) is 5.43. The fourth-order valence-corrected chi connectivity index (χ4v) is 3.22. The van der Waals surface area contributed by atoms with Crippen molar-refractivity contribution in [3.8, 4) is 0 Å². The molecule has 0 radical (unpaired) electrons. The van der Waals surface area contributed by atoms with Crippen molar-refractivity contribution in [1.29, 1.82) is 0 Å². The summed E-state index contributed by atoms with van der Waals surface area (Å²) < 4.78 is 23.9. The number of hydrogen-bond donors (Lipinski definition) is 1. The molecular formula is C12H19NO2S. The van der Waals surface area contributed by atoms with Gasteiger partial charge in [0.05, 0.1) is 10.6 Å². The fraction of sp³-hybridized carbons (Fsp3) is 0.500. The molecule has 0 aromatic heterocycles. The minimum Gasteiger partial charge on any atom is -0.330 e. The zero-order valence-electron chi connectivity index (χ0n) is 9.86. The van der Waals surface area contributed by atoms with Crippen LogP contribution in [0.25, 0.3) is 0 Å². The van der Waals surface area contributed by atoms with Crippen LogP contribution in [0.15, 0.2) is 23.1 Å². The van der Waals surface area contributed by atoms with Gasteiger partial charge >= 0.3 is 0 Å². The molecule has 3 nitrogen and oxygen atoms in total. The van der Waals surface area contributed by atoms with Crippen LogP contribution in [0.4, 0.5) is 0 Å². The van der Waals surface area contributed by atoms with Crippen LogP contribution in [0.2, 0.25) is 0 Å². The lowest BCUT2D eigenvalue weighted by atomic mass is 10.2. The van der Waals surface area contributed by atoms with Crippen LogP contribution in [0.3, 0.4) is 0 Å². The van der Waals surface area contributed by atoms with Crippen molar-refractivity contribution < 1.29 is 8.42 Å². The molecule has 0 heterocycles. The molecule has 0 amide bonds. The summed E-state index contributed by atoms with van der Waals surface area (Å²) in [4.78, 5) is 0.432. The molecule has 0 spiro atoms. The van der Waals surface area contributed by atoms with Crippen molar-refractivity contribution >= 4 is 9.84 Å². The van der Waals surface area contributed by atoms with Crippen molar-refractivity contribution in [3.05, 3.63) is 29.3 Å². The highest BCUT2D eigenvalue weighted by molar-refractivity contribution is 7.91. The molecule has 0 aliphatic carbocycles. The molecule has 0 fully saturated rings. The van der Waals surface area contributed by atoms with E-state index in [1.807, 2.05) is 19.9 Å². The van der Waals surface area contributed by atoms with Crippen LogP contribution in [0.1, 0.15) is 24.0 Å². The Morgan fingerprint density at radius 2 is 1.62 bits per heavy atom. The third kappa shape index (κ3) is 3.61. The van der Waals surface area contributed by atoms with Crippen LogP contribution >= 0.6 is 0 Å². The maximum absolute atomic E-state index is 12.0. The van der Waals surface area contributed by atoms with Crippen molar-refractivity contribution in [2.45, 2.75) is 31.6 Å². The maximum Gasteiger partial charge on any atom is 0.178 e. The van der Waals surface area contributed by atoms with Gasteiger partial charge in [-0.05, 0) is 56.5 Å². The number of sulfone groups is 1. The third-order valence-corrected chi connectivity index (χ3v) is 4.20. The van der Waals surface area contributed by atoms with Crippen LogP contribution < -0.4 is 5.73 Å². The zero-order valence-corrected chi connectivity index (χ0v) is 10.7. The third-order valence-electron chi connectivity index (χ3n) is 2.42. The molecule has 1 aromatic carbocycles. The lowest BCUT2D eigenvalue weighted by Crippen LogP contribution is -2.09. The minimum atomic E-state index is -3.13. The van der Waals surface area contributed by atoms with Gasteiger partial charge in [0.25, 0.3) is 0 Å². The van der Waals surface area contributed by atoms with Crippen LogP contribution in [-0.4, -0.2) is 20.7 Å². The normalized spacial score (nSPS) is 11.7. The topological polar surface area (TPSA) is 60.2 Å². The molecule has 0 aliphatic heterocycles. The molecule has 0 aliphatic rings. The first-order valence-corrected chi connectivity index (χ1v) is 7.12. The molecule has 2 N–H and O–H groups in total. The SMILES string of the molecule is Cc1cc(C)cc(S(=O)(=O)CCCCN)c1. The monoisotopic (exact) mass is 241 g/mol. The Morgan fingerprint density at radius 3 is 2.12 bits per heavy atom. The van der Waals surface area contributed by atoms with E-state index in [0.29, 0.717) is 17.9 Å². The molecule has 0 unspecified atom stereocenters. The molecular weight excluding hydrogens is 222 g/mol. The largest absolute Gasteiger partial charge is 0.330 e. The second kappa shape index (κ2) is 5.46. The van der Waals surface area contributed by atoms with Crippen LogP contribution in [0.5, 0.6) is 0 Å².